The van der Waals surface area contributed by atoms with Crippen LogP contribution in [0.4, 0.5) is 61.4 Å². The van der Waals surface area contributed by atoms with Crippen LogP contribution in [0.3, 0.4) is 0 Å². The van der Waals surface area contributed by atoms with Crippen LogP contribution in [0.5, 0.6) is 0 Å². The van der Waals surface area contributed by atoms with E-state index in [1.807, 2.05) is 52.6 Å². The zero-order valence-electron chi connectivity index (χ0n) is 68.0. The third-order valence-electron chi connectivity index (χ3n) is 21.1. The number of piperidine rings is 3. The Morgan fingerprint density at radius 1 is 0.451 bits per heavy atom. The van der Waals surface area contributed by atoms with Crippen LogP contribution in [-0.4, -0.2) is 157 Å². The summed E-state index contributed by atoms with van der Waals surface area (Å²) in [5.41, 5.74) is 13.0. The van der Waals surface area contributed by atoms with Gasteiger partial charge >= 0.3 is 0 Å². The number of aromatic nitrogens is 18. The summed E-state index contributed by atoms with van der Waals surface area (Å²) in [6.45, 7) is 21.7. The van der Waals surface area contributed by atoms with Crippen molar-refractivity contribution in [2.75, 3.05) is 65.9 Å². The summed E-state index contributed by atoms with van der Waals surface area (Å²) in [5, 5.41) is 33.8. The SMILES string of the molecule is Cc1cn2c(-c3cnn(CC(=O)NCc4cccc(F)c4F)c3)cnc2c(Nc2cc(CN3CCCC(C)C3)ns2)n1.Cc1cn2c(-c3cnn(CC(=O)Nc4cccc(F)c4)c3)cnc2c(Nc2cc(CN3CCCC(C)C3)ns2)n1.Cc1cn2c(-c3cnn(CC(=O)Nc4ccccc4F)c3)cnc2c(Nc2cc(CN3CCCC(C)C3)ns2)n1. The third-order valence-corrected chi connectivity index (χ3v) is 23.3. The first-order chi connectivity index (χ1) is 59.1. The predicted octanol–water partition coefficient (Wildman–Crippen LogP) is 15.1. The molecule has 15 aromatic rings. The number of carbonyl (C=O) groups excluding carboxylic acids is 3. The number of aryl methyl sites for hydroxylation is 3. The van der Waals surface area contributed by atoms with Crippen molar-refractivity contribution in [3.63, 3.8) is 0 Å². The number of para-hydroxylation sites is 1. The lowest BCUT2D eigenvalue weighted by atomic mass is 10.0. The molecule has 0 saturated carbocycles. The number of nitrogens with one attached hydrogen (secondary N) is 6. The fourth-order valence-electron chi connectivity index (χ4n) is 15.5. The molecule has 3 atom stereocenters. The Hall–Kier alpha value is -12.6. The van der Waals surface area contributed by atoms with E-state index in [4.69, 9.17) is 15.0 Å². The second kappa shape index (κ2) is 37.6. The molecule has 630 valence electrons. The number of imidazole rings is 3. The number of halogens is 4. The zero-order valence-corrected chi connectivity index (χ0v) is 70.5. The lowest BCUT2D eigenvalue weighted by Crippen LogP contribution is -2.33. The molecule has 3 saturated heterocycles. The molecule has 3 aromatic carbocycles. The van der Waals surface area contributed by atoms with Gasteiger partial charge in [0, 0.05) is 111 Å². The van der Waals surface area contributed by atoms with Crippen molar-refractivity contribution in [1.29, 1.82) is 0 Å². The van der Waals surface area contributed by atoms with Gasteiger partial charge in [-0.05, 0) is 186 Å². The van der Waals surface area contributed by atoms with Gasteiger partial charge in [0.1, 0.15) is 46.3 Å². The number of anilines is 8. The van der Waals surface area contributed by atoms with Gasteiger partial charge in [-0.1, -0.05) is 51.1 Å². The Morgan fingerprint density at radius 3 is 1.27 bits per heavy atom. The van der Waals surface area contributed by atoms with Gasteiger partial charge in [0.05, 0.1) is 94.1 Å². The summed E-state index contributed by atoms with van der Waals surface area (Å²) in [6.07, 6.45) is 28.9. The van der Waals surface area contributed by atoms with Gasteiger partial charge in [-0.3, -0.25) is 56.3 Å². The Morgan fingerprint density at radius 2 is 0.852 bits per heavy atom. The third kappa shape index (κ3) is 20.7. The first kappa shape index (κ1) is 83.1. The van der Waals surface area contributed by atoms with Gasteiger partial charge in [-0.15, -0.1) is 0 Å². The molecule has 3 aliphatic heterocycles. The normalized spacial score (nSPS) is 15.9. The molecule has 3 amide bonds. The number of nitrogens with zero attached hydrogens (tertiary/aromatic N) is 21. The van der Waals surface area contributed by atoms with Gasteiger partial charge in [-0.25, -0.2) is 47.5 Å². The number of amides is 3. The topological polar surface area (TPSA) is 316 Å². The second-order valence-corrected chi connectivity index (χ2v) is 33.8. The summed E-state index contributed by atoms with van der Waals surface area (Å²) in [6, 6.07) is 22.0. The molecule has 15 heterocycles. The molecule has 12 aromatic heterocycles. The van der Waals surface area contributed by atoms with Crippen LogP contribution in [0, 0.1) is 61.8 Å². The van der Waals surface area contributed by atoms with Crippen LogP contribution < -0.4 is 31.9 Å². The quantitative estimate of drug-likeness (QED) is 0.0290. The standard InChI is InChI=1S/C29H31F2N9OS.2C28H30FN9OS/c1-18-5-4-8-38(13-18)16-22-9-26(42-37-22)36-28-29-33-12-24(40(29)14-19(2)35-28)21-11-34-39(15-21)17-25(41)32-10-20-6-3-7-23(30)27(20)31;1-18-5-4-8-36(13-18)16-23-10-26(40-35-23)34-27-28-30-12-24(38(28)14-19(2)32-27)20-11-31-37(15-20)17-25(39)33-22-7-3-6-21(29)9-22;1-18-6-5-9-36(13-18)16-21-10-26(40-35-21)34-27-28-30-12-24(38(28)14-19(2)32-27)20-11-31-37(15-20)17-25(39)33-23-8-4-3-7-22(23)29/h3,6-7,9,11-12,14-15,18H,4-5,8,10,13,16-17H2,1-2H3,(H,32,41)(H,35,36);3,6-7,9-12,14-15,18H,4-5,8,13,16-17H2,1-2H3,(H,32,34)(H,33,39);3-4,7-8,10-12,14-15,18H,5-6,9,13,16-17H2,1-2H3,(H,32,34)(H,33,39). The minimum absolute atomic E-state index is 0.00924. The number of hydrogen-bond donors (Lipinski definition) is 6. The average Bonchev–Trinajstić information content (AvgIpc) is 1.63. The Kier molecular flexibility index (Phi) is 25.6. The number of carbonyl (C=O) groups is 3. The molecule has 37 heteroatoms. The lowest BCUT2D eigenvalue weighted by Gasteiger charge is -2.30. The summed E-state index contributed by atoms with van der Waals surface area (Å²) in [5.74, 6) is 0.235. The monoisotopic (exact) mass is 1710 g/mol. The fourth-order valence-corrected chi connectivity index (χ4v) is 17.5. The lowest BCUT2D eigenvalue weighted by molar-refractivity contribution is -0.122. The van der Waals surface area contributed by atoms with Crippen molar-refractivity contribution in [3.05, 3.63) is 222 Å². The van der Waals surface area contributed by atoms with Crippen molar-refractivity contribution in [2.45, 2.75) is 126 Å². The number of hydrogen-bond acceptors (Lipinski definition) is 24. The maximum Gasteiger partial charge on any atom is 0.246 e. The number of benzene rings is 3. The van der Waals surface area contributed by atoms with Crippen LogP contribution in [0.1, 0.15) is 99.0 Å². The van der Waals surface area contributed by atoms with Crippen LogP contribution in [-0.2, 0) is 60.2 Å². The Bertz CT molecular complexity index is 6220. The fraction of sp³-hybridized carbons (Fsp3) is 0.329. The summed E-state index contributed by atoms with van der Waals surface area (Å²) in [4.78, 5) is 72.8. The van der Waals surface area contributed by atoms with Gasteiger partial charge in [0.25, 0.3) is 0 Å². The van der Waals surface area contributed by atoms with E-state index in [0.717, 1.165) is 166 Å². The molecule has 3 unspecified atom stereocenters. The Balaban J connectivity index is 0.000000136. The van der Waals surface area contributed by atoms with E-state index in [1.54, 1.807) is 84.7 Å². The van der Waals surface area contributed by atoms with Gasteiger partial charge in [-0.2, -0.15) is 28.4 Å². The second-order valence-electron chi connectivity index (χ2n) is 31.4. The number of likely N-dealkylation sites (tertiary alicyclic amines) is 3. The molecule has 18 rings (SSSR count). The van der Waals surface area contributed by atoms with E-state index in [1.165, 1.54) is 119 Å². The molecular formula is C85H91F4N27O3S3. The smallest absolute Gasteiger partial charge is 0.246 e. The highest BCUT2D eigenvalue weighted by atomic mass is 32.1. The molecule has 0 radical (unpaired) electrons. The van der Waals surface area contributed by atoms with Crippen molar-refractivity contribution in [2.24, 2.45) is 17.8 Å². The highest BCUT2D eigenvalue weighted by Gasteiger charge is 2.25. The highest BCUT2D eigenvalue weighted by Crippen LogP contribution is 2.34. The maximum atomic E-state index is 13.9. The van der Waals surface area contributed by atoms with E-state index in [9.17, 15) is 31.9 Å². The molecule has 3 fully saturated rings. The van der Waals surface area contributed by atoms with E-state index in [2.05, 4.69) is 129 Å². The van der Waals surface area contributed by atoms with Gasteiger partial charge in [0.15, 0.2) is 46.0 Å². The largest absolute Gasteiger partial charge is 0.350 e. The van der Waals surface area contributed by atoms with E-state index in [-0.39, 0.29) is 55.2 Å². The minimum Gasteiger partial charge on any atom is -0.350 e. The number of rotatable bonds is 25. The molecule has 30 nitrogen and oxygen atoms in total. The summed E-state index contributed by atoms with van der Waals surface area (Å²) in [7, 11) is 0. The van der Waals surface area contributed by atoms with Crippen molar-refractivity contribution in [1.82, 2.24) is 106 Å². The van der Waals surface area contributed by atoms with E-state index >= 15 is 0 Å². The Labute approximate surface area is 712 Å². The van der Waals surface area contributed by atoms with Crippen molar-refractivity contribution < 1.29 is 31.9 Å². The molecule has 0 spiro atoms. The molecule has 0 bridgehead atoms. The average molecular weight is 1710 g/mol. The van der Waals surface area contributed by atoms with Gasteiger partial charge < -0.3 is 31.9 Å². The molecule has 3 aliphatic rings. The molecule has 122 heavy (non-hydrogen) atoms. The molecule has 0 aliphatic carbocycles. The van der Waals surface area contributed by atoms with Crippen molar-refractivity contribution >= 4 is 113 Å². The predicted molar refractivity (Wildman–Crippen MR) is 462 cm³/mol. The van der Waals surface area contributed by atoms with E-state index in [0.29, 0.717) is 40.1 Å². The molecule has 6 N–H and O–H groups in total. The van der Waals surface area contributed by atoms with Crippen molar-refractivity contribution in [3.8, 4) is 33.8 Å². The summed E-state index contributed by atoms with van der Waals surface area (Å²) >= 11 is 4.26. The zero-order chi connectivity index (χ0) is 84.5. The minimum atomic E-state index is -0.965. The van der Waals surface area contributed by atoms with Gasteiger partial charge in [0.2, 0.25) is 17.7 Å². The maximum absolute atomic E-state index is 13.9. The first-order valence-corrected chi connectivity index (χ1v) is 42.7. The van der Waals surface area contributed by atoms with Crippen LogP contribution >= 0.6 is 34.6 Å². The highest BCUT2D eigenvalue weighted by molar-refractivity contribution is 7.10. The van der Waals surface area contributed by atoms with Crippen LogP contribution in [0.25, 0.3) is 50.7 Å². The number of fused-ring (bicyclic) bond motifs is 3. The summed E-state index contributed by atoms with van der Waals surface area (Å²) < 4.78 is 79.0. The first-order valence-electron chi connectivity index (χ1n) is 40.4. The molecular weight excluding hydrogens is 1620 g/mol. The van der Waals surface area contributed by atoms with Crippen LogP contribution in [0.2, 0.25) is 0 Å². The van der Waals surface area contributed by atoms with Crippen LogP contribution in [0.15, 0.2) is 159 Å². The van der Waals surface area contributed by atoms with E-state index < -0.39 is 23.3 Å².